The highest BCUT2D eigenvalue weighted by atomic mass is 16.6. The van der Waals surface area contributed by atoms with E-state index >= 15 is 0 Å². The summed E-state index contributed by atoms with van der Waals surface area (Å²) in [4.78, 5) is 14.8. The molecule has 1 atom stereocenters. The van der Waals surface area contributed by atoms with Gasteiger partial charge in [-0.25, -0.2) is 4.79 Å². The fraction of sp³-hybridized carbons (Fsp3) is 0.458. The number of piperidine rings is 1. The van der Waals surface area contributed by atoms with Crippen molar-refractivity contribution in [3.63, 3.8) is 0 Å². The molecule has 0 spiro atoms. The van der Waals surface area contributed by atoms with E-state index in [4.69, 9.17) is 18.6 Å². The molecule has 3 aromatic rings. The number of para-hydroxylation sites is 2. The van der Waals surface area contributed by atoms with Crippen molar-refractivity contribution >= 4 is 11.1 Å². The molecule has 2 aromatic carbocycles. The van der Waals surface area contributed by atoms with Crippen molar-refractivity contribution in [2.24, 2.45) is 5.92 Å². The predicted molar refractivity (Wildman–Crippen MR) is 117 cm³/mol. The van der Waals surface area contributed by atoms with Gasteiger partial charge < -0.3 is 18.6 Å². The van der Waals surface area contributed by atoms with Gasteiger partial charge in [0.25, 0.3) is 0 Å². The Morgan fingerprint density at radius 3 is 2.71 bits per heavy atom. The lowest BCUT2D eigenvalue weighted by Gasteiger charge is -2.35. The Balaban J connectivity index is 1.12. The molecule has 1 saturated heterocycles. The second-order valence-corrected chi connectivity index (χ2v) is 8.38. The van der Waals surface area contributed by atoms with Gasteiger partial charge in [0, 0.05) is 19.2 Å². The lowest BCUT2D eigenvalue weighted by atomic mass is 9.93. The van der Waals surface area contributed by atoms with E-state index in [0.717, 1.165) is 55.9 Å². The molecule has 0 N–H and O–H groups in total. The Kier molecular flexibility index (Phi) is 5.59. The molecule has 7 nitrogen and oxygen atoms in total. The van der Waals surface area contributed by atoms with Gasteiger partial charge in [-0.3, -0.25) is 9.47 Å². The Morgan fingerprint density at radius 2 is 1.90 bits per heavy atom. The number of hydrogen-bond acceptors (Lipinski definition) is 6. The molecule has 1 aromatic heterocycles. The third-order valence-corrected chi connectivity index (χ3v) is 6.37. The predicted octanol–water partition coefficient (Wildman–Crippen LogP) is 3.55. The topological polar surface area (TPSA) is 66.1 Å². The maximum atomic E-state index is 12.3. The van der Waals surface area contributed by atoms with Crippen molar-refractivity contribution in [1.82, 2.24) is 9.47 Å². The number of nitrogens with zero attached hydrogens (tertiary/aromatic N) is 2. The second-order valence-electron chi connectivity index (χ2n) is 8.38. The molecule has 31 heavy (non-hydrogen) atoms. The second kappa shape index (κ2) is 8.67. The molecule has 0 radical (unpaired) electrons. The molecule has 0 unspecified atom stereocenters. The number of methoxy groups -OCH3 is 1. The molecule has 164 valence electrons. The van der Waals surface area contributed by atoms with Crippen molar-refractivity contribution in [3.8, 4) is 17.2 Å². The average molecular weight is 424 g/mol. The first-order valence-corrected chi connectivity index (χ1v) is 11.0. The van der Waals surface area contributed by atoms with Crippen LogP contribution in [0.1, 0.15) is 19.3 Å². The van der Waals surface area contributed by atoms with E-state index in [1.54, 1.807) is 17.7 Å². The van der Waals surface area contributed by atoms with Gasteiger partial charge in [-0.05, 0) is 62.5 Å². The fourth-order valence-electron chi connectivity index (χ4n) is 4.60. The first kappa shape index (κ1) is 20.0. The first-order valence-electron chi connectivity index (χ1n) is 11.0. The van der Waals surface area contributed by atoms with Crippen LogP contribution < -0.4 is 20.0 Å². The van der Waals surface area contributed by atoms with Gasteiger partial charge >= 0.3 is 5.76 Å². The molecule has 2 aliphatic rings. The molecule has 0 saturated carbocycles. The highest BCUT2D eigenvalue weighted by molar-refractivity contribution is 5.74. The van der Waals surface area contributed by atoms with E-state index in [0.29, 0.717) is 30.4 Å². The van der Waals surface area contributed by atoms with Gasteiger partial charge in [-0.2, -0.15) is 0 Å². The van der Waals surface area contributed by atoms with Crippen molar-refractivity contribution < 1.29 is 18.6 Å². The number of aromatic nitrogens is 1. The minimum absolute atomic E-state index is 0.0688. The summed E-state index contributed by atoms with van der Waals surface area (Å²) in [6.45, 7) is 4.25. The van der Waals surface area contributed by atoms with Gasteiger partial charge in [0.2, 0.25) is 0 Å². The van der Waals surface area contributed by atoms with Crippen molar-refractivity contribution in [1.29, 1.82) is 0 Å². The van der Waals surface area contributed by atoms with Gasteiger partial charge in [-0.1, -0.05) is 12.1 Å². The Labute approximate surface area is 181 Å². The van der Waals surface area contributed by atoms with E-state index in [9.17, 15) is 4.79 Å². The van der Waals surface area contributed by atoms with Crippen molar-refractivity contribution in [2.75, 3.05) is 33.4 Å². The van der Waals surface area contributed by atoms with Gasteiger partial charge in [-0.15, -0.1) is 0 Å². The van der Waals surface area contributed by atoms with E-state index in [2.05, 4.69) is 4.90 Å². The zero-order valence-corrected chi connectivity index (χ0v) is 17.8. The van der Waals surface area contributed by atoms with E-state index < -0.39 is 0 Å². The van der Waals surface area contributed by atoms with Crippen LogP contribution in [-0.4, -0.2) is 48.9 Å². The molecule has 7 heteroatoms. The SMILES string of the molecule is COc1ccc2c(c1)oc(=O)n2CCC1CCN(C[C@H]2COc3ccccc3O2)CC1. The molecule has 0 amide bonds. The van der Waals surface area contributed by atoms with Crippen LogP contribution in [0.4, 0.5) is 0 Å². The third-order valence-electron chi connectivity index (χ3n) is 6.37. The minimum Gasteiger partial charge on any atom is -0.497 e. The Morgan fingerprint density at radius 1 is 1.10 bits per heavy atom. The fourth-order valence-corrected chi connectivity index (χ4v) is 4.60. The Bertz CT molecular complexity index is 1100. The van der Waals surface area contributed by atoms with Crippen molar-refractivity contribution in [3.05, 3.63) is 53.0 Å². The third kappa shape index (κ3) is 4.28. The largest absolute Gasteiger partial charge is 0.497 e. The summed E-state index contributed by atoms with van der Waals surface area (Å²) in [7, 11) is 1.61. The van der Waals surface area contributed by atoms with Crippen LogP contribution in [0.25, 0.3) is 11.1 Å². The maximum absolute atomic E-state index is 12.3. The highest BCUT2D eigenvalue weighted by Gasteiger charge is 2.26. The minimum atomic E-state index is -0.296. The number of ether oxygens (including phenoxy) is 3. The van der Waals surface area contributed by atoms with E-state index in [1.165, 1.54) is 0 Å². The lowest BCUT2D eigenvalue weighted by molar-refractivity contribution is 0.0469. The molecular weight excluding hydrogens is 396 g/mol. The van der Waals surface area contributed by atoms with Gasteiger partial charge in [0.1, 0.15) is 18.5 Å². The standard InChI is InChI=1S/C24H28N2O5/c1-28-18-6-7-20-23(14-18)31-24(27)26(20)13-10-17-8-11-25(12-9-17)15-19-16-29-21-4-2-3-5-22(21)30-19/h2-7,14,17,19H,8-13,15-16H2,1H3/t19-/m0/s1. The van der Waals surface area contributed by atoms with Crippen LogP contribution in [-0.2, 0) is 6.54 Å². The number of hydrogen-bond donors (Lipinski definition) is 0. The summed E-state index contributed by atoms with van der Waals surface area (Å²) in [5.41, 5.74) is 1.41. The molecule has 2 aliphatic heterocycles. The number of aryl methyl sites for hydroxylation is 1. The van der Waals surface area contributed by atoms with Crippen LogP contribution in [0.15, 0.2) is 51.7 Å². The van der Waals surface area contributed by atoms with Crippen LogP contribution in [0, 0.1) is 5.92 Å². The summed E-state index contributed by atoms with van der Waals surface area (Å²) >= 11 is 0. The quantitative estimate of drug-likeness (QED) is 0.603. The summed E-state index contributed by atoms with van der Waals surface area (Å²) in [6, 6.07) is 13.4. The molecule has 0 bridgehead atoms. The van der Waals surface area contributed by atoms with Crippen LogP contribution >= 0.6 is 0 Å². The monoisotopic (exact) mass is 424 g/mol. The van der Waals surface area contributed by atoms with Crippen LogP contribution in [0.3, 0.4) is 0 Å². The smallest absolute Gasteiger partial charge is 0.419 e. The molecule has 0 aliphatic carbocycles. The summed E-state index contributed by atoms with van der Waals surface area (Å²) in [6.07, 6.45) is 3.30. The zero-order chi connectivity index (χ0) is 21.2. The lowest BCUT2D eigenvalue weighted by Crippen LogP contribution is -2.44. The summed E-state index contributed by atoms with van der Waals surface area (Å²) < 4.78 is 24.3. The van der Waals surface area contributed by atoms with Crippen LogP contribution in [0.5, 0.6) is 17.2 Å². The summed E-state index contributed by atoms with van der Waals surface area (Å²) in [5, 5.41) is 0. The molecule has 5 rings (SSSR count). The normalized spacial score (nSPS) is 19.6. The number of rotatable bonds is 6. The number of benzene rings is 2. The van der Waals surface area contributed by atoms with Gasteiger partial charge in [0.05, 0.1) is 12.6 Å². The maximum Gasteiger partial charge on any atom is 0.419 e. The van der Waals surface area contributed by atoms with E-state index in [1.807, 2.05) is 36.4 Å². The number of fused-ring (bicyclic) bond motifs is 2. The zero-order valence-electron chi connectivity index (χ0n) is 17.8. The molecule has 1 fully saturated rings. The molecule has 3 heterocycles. The first-order chi connectivity index (χ1) is 15.2. The Hall–Kier alpha value is -2.93. The molecular formula is C24H28N2O5. The number of likely N-dealkylation sites (tertiary alicyclic amines) is 1. The average Bonchev–Trinajstić information content (AvgIpc) is 3.12. The van der Waals surface area contributed by atoms with Crippen LogP contribution in [0.2, 0.25) is 0 Å². The summed E-state index contributed by atoms with van der Waals surface area (Å²) in [5.74, 6) is 2.67. The van der Waals surface area contributed by atoms with Gasteiger partial charge in [0.15, 0.2) is 17.1 Å². The van der Waals surface area contributed by atoms with Crippen molar-refractivity contribution in [2.45, 2.75) is 31.9 Å². The highest BCUT2D eigenvalue weighted by Crippen LogP contribution is 2.31. The van der Waals surface area contributed by atoms with E-state index in [-0.39, 0.29) is 11.9 Å². The number of oxazole rings is 1.